The highest BCUT2D eigenvalue weighted by Gasteiger charge is 2.76. The lowest BCUT2D eigenvalue weighted by Gasteiger charge is -2.33. The van der Waals surface area contributed by atoms with Crippen molar-refractivity contribution in [1.29, 1.82) is 0 Å². The van der Waals surface area contributed by atoms with Crippen LogP contribution in [0.1, 0.15) is 27.2 Å². The molecular weight excluding hydrogens is 506 g/mol. The predicted molar refractivity (Wildman–Crippen MR) is 130 cm³/mol. The van der Waals surface area contributed by atoms with Crippen LogP contribution < -0.4 is 10.2 Å². The Morgan fingerprint density at radius 1 is 1.26 bits per heavy atom. The van der Waals surface area contributed by atoms with E-state index in [1.807, 2.05) is 24.3 Å². The molecule has 3 fully saturated rings. The number of alkyl halides is 1. The number of ether oxygens (including phenoxy) is 2. The molecule has 3 heterocycles. The van der Waals surface area contributed by atoms with Crippen LogP contribution in [-0.4, -0.2) is 83.2 Å². The molecule has 6 atom stereocenters. The molecular formula is C24H32BrN3O6. The highest BCUT2D eigenvalue weighted by molar-refractivity contribution is 9.09. The number of esters is 1. The van der Waals surface area contributed by atoms with E-state index < -0.39 is 41.5 Å². The van der Waals surface area contributed by atoms with Gasteiger partial charge in [-0.2, -0.15) is 0 Å². The number of hydrogen-bond acceptors (Lipinski definition) is 7. The number of rotatable bonds is 9. The Morgan fingerprint density at radius 3 is 2.53 bits per heavy atom. The molecule has 10 heteroatoms. The number of aliphatic hydroxyl groups is 1. The minimum Gasteiger partial charge on any atom is -0.466 e. The molecule has 4 rings (SSSR count). The van der Waals surface area contributed by atoms with Crippen molar-refractivity contribution in [3.63, 3.8) is 0 Å². The molecule has 3 aliphatic heterocycles. The van der Waals surface area contributed by atoms with Crippen molar-refractivity contribution in [2.24, 2.45) is 11.8 Å². The van der Waals surface area contributed by atoms with E-state index >= 15 is 0 Å². The summed E-state index contributed by atoms with van der Waals surface area (Å²) in [4.78, 5) is 43.2. The number of aliphatic hydroxyl groups excluding tert-OH is 1. The Labute approximate surface area is 207 Å². The molecule has 1 spiro atoms. The van der Waals surface area contributed by atoms with Crippen LogP contribution in [0.5, 0.6) is 0 Å². The number of halogens is 1. The summed E-state index contributed by atoms with van der Waals surface area (Å²) in [6.07, 6.45) is -0.141. The Kier molecular flexibility index (Phi) is 7.21. The van der Waals surface area contributed by atoms with Crippen molar-refractivity contribution in [1.82, 2.24) is 4.90 Å². The second-order valence-electron chi connectivity index (χ2n) is 8.88. The van der Waals surface area contributed by atoms with Crippen LogP contribution in [0.15, 0.2) is 24.3 Å². The number of hydrogen-bond donors (Lipinski definition) is 2. The predicted octanol–water partition coefficient (Wildman–Crippen LogP) is 1.77. The van der Waals surface area contributed by atoms with E-state index in [1.165, 1.54) is 4.90 Å². The second kappa shape index (κ2) is 9.83. The molecule has 2 bridgehead atoms. The van der Waals surface area contributed by atoms with Crippen molar-refractivity contribution < 1.29 is 29.0 Å². The third-order valence-corrected chi connectivity index (χ3v) is 8.05. The normalized spacial score (nSPS) is 31.5. The van der Waals surface area contributed by atoms with Gasteiger partial charge in [0, 0.05) is 35.8 Å². The summed E-state index contributed by atoms with van der Waals surface area (Å²) >= 11 is 3.60. The maximum atomic E-state index is 13.6. The molecule has 34 heavy (non-hydrogen) atoms. The molecule has 0 saturated carbocycles. The fraction of sp³-hybridized carbons (Fsp3) is 0.625. The molecule has 2 amide bonds. The van der Waals surface area contributed by atoms with Crippen molar-refractivity contribution in [2.75, 3.05) is 43.1 Å². The molecule has 3 aliphatic rings. The van der Waals surface area contributed by atoms with Crippen LogP contribution in [-0.2, 0) is 23.9 Å². The lowest BCUT2D eigenvalue weighted by Crippen LogP contribution is -2.54. The van der Waals surface area contributed by atoms with Crippen molar-refractivity contribution >= 4 is 45.1 Å². The van der Waals surface area contributed by atoms with Gasteiger partial charge in [-0.3, -0.25) is 14.4 Å². The Balaban J connectivity index is 1.63. The third kappa shape index (κ3) is 3.89. The molecule has 3 unspecified atom stereocenters. The van der Waals surface area contributed by atoms with E-state index in [2.05, 4.69) is 40.0 Å². The number of nitrogens with one attached hydrogen (secondary N) is 1. The van der Waals surface area contributed by atoms with Crippen LogP contribution in [0.4, 0.5) is 11.4 Å². The Bertz CT molecular complexity index is 939. The SMILES string of the molecule is CCOC(=O)[C@H]1[C@@H]2OC3(CC2Br)C(C(=O)Nc2ccc(N(CC)CC)cc2)N(CCO)C(=O)[C@H]13. The first kappa shape index (κ1) is 24.9. The highest BCUT2D eigenvalue weighted by atomic mass is 79.9. The quantitative estimate of drug-likeness (QED) is 0.365. The summed E-state index contributed by atoms with van der Waals surface area (Å²) in [6, 6.07) is 6.57. The summed E-state index contributed by atoms with van der Waals surface area (Å²) in [7, 11) is 0. The van der Waals surface area contributed by atoms with E-state index in [4.69, 9.17) is 9.47 Å². The summed E-state index contributed by atoms with van der Waals surface area (Å²) < 4.78 is 11.6. The fourth-order valence-corrected chi connectivity index (χ4v) is 6.78. The van der Waals surface area contributed by atoms with Crippen molar-refractivity contribution in [3.05, 3.63) is 24.3 Å². The lowest BCUT2D eigenvalue weighted by molar-refractivity contribution is -0.154. The van der Waals surface area contributed by atoms with Crippen molar-refractivity contribution in [2.45, 2.75) is 49.8 Å². The van der Waals surface area contributed by atoms with Crippen molar-refractivity contribution in [3.8, 4) is 0 Å². The minimum atomic E-state index is -1.16. The van der Waals surface area contributed by atoms with Crippen LogP contribution in [0.25, 0.3) is 0 Å². The molecule has 0 radical (unpaired) electrons. The number of likely N-dealkylation sites (tertiary alicyclic amines) is 1. The molecule has 3 saturated heterocycles. The van der Waals surface area contributed by atoms with E-state index in [0.717, 1.165) is 18.8 Å². The molecule has 1 aromatic carbocycles. The van der Waals surface area contributed by atoms with Crippen LogP contribution in [0.3, 0.4) is 0 Å². The number of carbonyl (C=O) groups is 3. The average Bonchev–Trinajstić information content (AvgIpc) is 3.40. The second-order valence-corrected chi connectivity index (χ2v) is 10.1. The summed E-state index contributed by atoms with van der Waals surface area (Å²) in [5.74, 6) is -2.86. The molecule has 0 aromatic heterocycles. The standard InChI is InChI=1S/C24H32BrN3O6/c1-4-27(5-2)15-9-7-14(8-10-15)26-21(30)20-24-13-16(25)19(34-24)17(23(32)33-6-3)18(24)22(31)28(20)11-12-29/h7-10,16-20,29H,4-6,11-13H2,1-3H3,(H,26,30)/t16?,17-,18+,19-,20?,24?/m1/s1. The highest BCUT2D eigenvalue weighted by Crippen LogP contribution is 2.60. The molecule has 1 aromatic rings. The maximum absolute atomic E-state index is 13.6. The lowest BCUT2D eigenvalue weighted by atomic mass is 9.70. The largest absolute Gasteiger partial charge is 0.466 e. The topological polar surface area (TPSA) is 108 Å². The van der Waals surface area contributed by atoms with E-state index in [1.54, 1.807) is 6.92 Å². The maximum Gasteiger partial charge on any atom is 0.312 e. The van der Waals surface area contributed by atoms with Crippen LogP contribution >= 0.6 is 15.9 Å². The number of benzene rings is 1. The fourth-order valence-electron chi connectivity index (χ4n) is 5.84. The van der Waals surface area contributed by atoms with Gasteiger partial charge in [-0.15, -0.1) is 0 Å². The third-order valence-electron chi connectivity index (χ3n) is 7.20. The average molecular weight is 538 g/mol. The zero-order valence-corrected chi connectivity index (χ0v) is 21.3. The summed E-state index contributed by atoms with van der Waals surface area (Å²) in [6.45, 7) is 7.49. The van der Waals surface area contributed by atoms with Gasteiger partial charge in [0.05, 0.1) is 31.2 Å². The number of fused-ring (bicyclic) bond motifs is 1. The zero-order valence-electron chi connectivity index (χ0n) is 19.7. The monoisotopic (exact) mass is 537 g/mol. The van der Waals surface area contributed by atoms with Gasteiger partial charge in [0.1, 0.15) is 11.6 Å². The molecule has 9 nitrogen and oxygen atoms in total. The Hall–Kier alpha value is -2.17. The summed E-state index contributed by atoms with van der Waals surface area (Å²) in [5.41, 5.74) is 0.493. The first-order valence-corrected chi connectivity index (χ1v) is 12.8. The first-order chi connectivity index (χ1) is 16.3. The van der Waals surface area contributed by atoms with E-state index in [0.29, 0.717) is 12.1 Å². The van der Waals surface area contributed by atoms with E-state index in [-0.39, 0.29) is 30.5 Å². The number of amides is 2. The van der Waals surface area contributed by atoms with Gasteiger partial charge in [-0.25, -0.2) is 0 Å². The molecule has 0 aliphatic carbocycles. The number of carbonyl (C=O) groups excluding carboxylic acids is 3. The molecule has 186 valence electrons. The summed E-state index contributed by atoms with van der Waals surface area (Å²) in [5, 5.41) is 12.6. The minimum absolute atomic E-state index is 0.0212. The van der Waals surface area contributed by atoms with Gasteiger partial charge < -0.3 is 29.7 Å². The zero-order chi connectivity index (χ0) is 24.6. The van der Waals surface area contributed by atoms with Gasteiger partial charge >= 0.3 is 5.97 Å². The van der Waals surface area contributed by atoms with Gasteiger partial charge in [0.15, 0.2) is 0 Å². The smallest absolute Gasteiger partial charge is 0.312 e. The Morgan fingerprint density at radius 2 is 1.94 bits per heavy atom. The number of nitrogens with zero attached hydrogens (tertiary/aromatic N) is 2. The van der Waals surface area contributed by atoms with Gasteiger partial charge in [0.25, 0.3) is 0 Å². The number of anilines is 2. The van der Waals surface area contributed by atoms with Gasteiger partial charge in [-0.1, -0.05) is 15.9 Å². The van der Waals surface area contributed by atoms with Crippen LogP contribution in [0.2, 0.25) is 0 Å². The van der Waals surface area contributed by atoms with Gasteiger partial charge in [0.2, 0.25) is 11.8 Å². The van der Waals surface area contributed by atoms with E-state index in [9.17, 15) is 19.5 Å². The van der Waals surface area contributed by atoms with Gasteiger partial charge in [-0.05, 0) is 51.5 Å². The number of β-amino-alcohol motifs (C(OH)–C–C–N with tert-alkyl or cyclic N) is 1. The molecule has 2 N–H and O–H groups in total. The van der Waals surface area contributed by atoms with Crippen LogP contribution in [0, 0.1) is 11.8 Å². The first-order valence-electron chi connectivity index (χ1n) is 11.9.